The zero-order valence-corrected chi connectivity index (χ0v) is 16.0. The predicted octanol–water partition coefficient (Wildman–Crippen LogP) is 3.57. The van der Waals surface area contributed by atoms with E-state index in [1.807, 2.05) is 55.5 Å². The van der Waals surface area contributed by atoms with Gasteiger partial charge in [-0.2, -0.15) is 0 Å². The number of hydrogen-bond acceptors (Lipinski definition) is 3. The minimum Gasteiger partial charge on any atom is -0.337 e. The van der Waals surface area contributed by atoms with Crippen LogP contribution < -0.4 is 4.31 Å². The number of anilines is 1. The van der Waals surface area contributed by atoms with E-state index in [0.29, 0.717) is 11.1 Å². The van der Waals surface area contributed by atoms with Gasteiger partial charge in [0.1, 0.15) is 6.54 Å². The first kappa shape index (κ1) is 17.5. The Morgan fingerprint density at radius 3 is 2.37 bits per heavy atom. The third-order valence-electron chi connectivity index (χ3n) is 5.22. The molecule has 0 aromatic heterocycles. The van der Waals surface area contributed by atoms with E-state index in [2.05, 4.69) is 0 Å². The van der Waals surface area contributed by atoms with Gasteiger partial charge in [-0.1, -0.05) is 54.6 Å². The maximum absolute atomic E-state index is 13.0. The van der Waals surface area contributed by atoms with E-state index in [1.54, 1.807) is 30.1 Å². The maximum atomic E-state index is 13.0. The highest BCUT2D eigenvalue weighted by Gasteiger charge is 2.37. The molecule has 1 heterocycles. The summed E-state index contributed by atoms with van der Waals surface area (Å²) in [5.74, 6) is -0.250. The Hall–Kier alpha value is -2.86. The van der Waals surface area contributed by atoms with Crippen LogP contribution in [0.1, 0.15) is 18.5 Å². The fourth-order valence-corrected chi connectivity index (χ4v) is 5.19. The molecule has 3 aromatic rings. The summed E-state index contributed by atoms with van der Waals surface area (Å²) in [7, 11) is -2.03. The second kappa shape index (κ2) is 6.39. The fraction of sp³-hybridized carbons (Fsp3) is 0.190. The molecular weight excluding hydrogens is 360 g/mol. The number of carbonyl (C=O) groups is 1. The molecule has 0 aliphatic carbocycles. The highest BCUT2D eigenvalue weighted by atomic mass is 32.2. The first-order valence-corrected chi connectivity index (χ1v) is 10.2. The molecule has 1 amide bonds. The van der Waals surface area contributed by atoms with Crippen LogP contribution in [0.25, 0.3) is 10.8 Å². The van der Waals surface area contributed by atoms with Crippen LogP contribution in [0.4, 0.5) is 5.69 Å². The van der Waals surface area contributed by atoms with Crippen molar-refractivity contribution in [2.24, 2.45) is 0 Å². The van der Waals surface area contributed by atoms with Crippen molar-refractivity contribution in [1.82, 2.24) is 4.90 Å². The second-order valence-electron chi connectivity index (χ2n) is 6.73. The van der Waals surface area contributed by atoms with E-state index in [0.717, 1.165) is 10.9 Å². The molecule has 0 fully saturated rings. The average Bonchev–Trinajstić information content (AvgIpc) is 2.91. The van der Waals surface area contributed by atoms with Crippen LogP contribution in [0, 0.1) is 0 Å². The molecule has 138 valence electrons. The molecular formula is C21H20N2O3S. The summed E-state index contributed by atoms with van der Waals surface area (Å²) in [6, 6.07) is 20.2. The van der Waals surface area contributed by atoms with Gasteiger partial charge >= 0.3 is 0 Å². The standard InChI is InChI=1S/C21H20N2O3S/c1-15(16-8-4-3-5-9-16)22(2)20(24)14-23-18-12-6-10-17-11-7-13-19(21(17)18)27(23,25)26/h3-13,15H,14H2,1-2H3. The van der Waals surface area contributed by atoms with Crippen LogP contribution in [-0.4, -0.2) is 32.8 Å². The average molecular weight is 380 g/mol. The van der Waals surface area contributed by atoms with Crippen LogP contribution in [0.5, 0.6) is 0 Å². The van der Waals surface area contributed by atoms with Crippen LogP contribution in [0.2, 0.25) is 0 Å². The largest absolute Gasteiger partial charge is 0.337 e. The predicted molar refractivity (Wildman–Crippen MR) is 106 cm³/mol. The molecule has 0 spiro atoms. The van der Waals surface area contributed by atoms with Gasteiger partial charge in [-0.25, -0.2) is 8.42 Å². The molecule has 3 aromatic carbocycles. The molecule has 6 heteroatoms. The van der Waals surface area contributed by atoms with Crippen LogP contribution in [0.3, 0.4) is 0 Å². The Labute approximate surface area is 158 Å². The zero-order valence-electron chi connectivity index (χ0n) is 15.2. The quantitative estimate of drug-likeness (QED) is 0.695. The molecule has 1 aliphatic heterocycles. The summed E-state index contributed by atoms with van der Waals surface area (Å²) < 4.78 is 27.3. The zero-order chi connectivity index (χ0) is 19.2. The topological polar surface area (TPSA) is 57.7 Å². The third kappa shape index (κ3) is 2.77. The number of carbonyl (C=O) groups excluding carboxylic acids is 1. The SMILES string of the molecule is CC(c1ccccc1)N(C)C(=O)CN1c2cccc3cccc(c23)S1(=O)=O. The van der Waals surface area contributed by atoms with Gasteiger partial charge in [0.15, 0.2) is 0 Å². The van der Waals surface area contributed by atoms with Crippen molar-refractivity contribution in [2.75, 3.05) is 17.9 Å². The van der Waals surface area contributed by atoms with Crippen molar-refractivity contribution < 1.29 is 13.2 Å². The number of hydrogen-bond donors (Lipinski definition) is 0. The second-order valence-corrected chi connectivity index (χ2v) is 8.57. The van der Waals surface area contributed by atoms with Crippen molar-refractivity contribution in [3.05, 3.63) is 72.3 Å². The minimum absolute atomic E-state index is 0.151. The van der Waals surface area contributed by atoms with Crippen molar-refractivity contribution in [3.63, 3.8) is 0 Å². The molecule has 0 N–H and O–H groups in total. The fourth-order valence-electron chi connectivity index (χ4n) is 3.53. The summed E-state index contributed by atoms with van der Waals surface area (Å²) in [6.45, 7) is 1.71. The van der Waals surface area contributed by atoms with Gasteiger partial charge in [-0.15, -0.1) is 0 Å². The van der Waals surface area contributed by atoms with E-state index in [4.69, 9.17) is 0 Å². The summed E-state index contributed by atoms with van der Waals surface area (Å²) >= 11 is 0. The molecule has 5 nitrogen and oxygen atoms in total. The van der Waals surface area contributed by atoms with Gasteiger partial charge in [-0.3, -0.25) is 9.10 Å². The molecule has 1 unspecified atom stereocenters. The number of likely N-dealkylation sites (N-methyl/N-ethyl adjacent to an activating group) is 1. The first-order chi connectivity index (χ1) is 12.9. The lowest BCUT2D eigenvalue weighted by Crippen LogP contribution is -2.40. The van der Waals surface area contributed by atoms with Gasteiger partial charge < -0.3 is 4.90 Å². The summed E-state index contributed by atoms with van der Waals surface area (Å²) in [6.07, 6.45) is 0. The highest BCUT2D eigenvalue weighted by molar-refractivity contribution is 7.93. The minimum atomic E-state index is -3.73. The van der Waals surface area contributed by atoms with Gasteiger partial charge in [0.25, 0.3) is 10.0 Å². The summed E-state index contributed by atoms with van der Waals surface area (Å²) in [5, 5.41) is 1.54. The van der Waals surface area contributed by atoms with Crippen LogP contribution in [-0.2, 0) is 14.8 Å². The Bertz CT molecular complexity index is 1120. The van der Waals surface area contributed by atoms with Crippen LogP contribution >= 0.6 is 0 Å². The molecule has 0 bridgehead atoms. The maximum Gasteiger partial charge on any atom is 0.265 e. The van der Waals surface area contributed by atoms with Gasteiger partial charge in [0.2, 0.25) is 5.91 Å². The number of sulfonamides is 1. The van der Waals surface area contributed by atoms with E-state index in [9.17, 15) is 13.2 Å². The molecule has 4 rings (SSSR count). The van der Waals surface area contributed by atoms with E-state index >= 15 is 0 Å². The Morgan fingerprint density at radius 1 is 1.00 bits per heavy atom. The number of benzene rings is 3. The van der Waals surface area contributed by atoms with E-state index < -0.39 is 10.0 Å². The lowest BCUT2D eigenvalue weighted by Gasteiger charge is -2.28. The van der Waals surface area contributed by atoms with Crippen molar-refractivity contribution in [1.29, 1.82) is 0 Å². The van der Waals surface area contributed by atoms with Crippen molar-refractivity contribution >= 4 is 32.4 Å². The number of amides is 1. The number of nitrogens with zero attached hydrogens (tertiary/aromatic N) is 2. The highest BCUT2D eigenvalue weighted by Crippen LogP contribution is 2.41. The van der Waals surface area contributed by atoms with Crippen LogP contribution in [0.15, 0.2) is 71.6 Å². The van der Waals surface area contributed by atoms with Gasteiger partial charge in [-0.05, 0) is 30.0 Å². The van der Waals surface area contributed by atoms with E-state index in [-0.39, 0.29) is 23.4 Å². The molecule has 0 saturated heterocycles. The van der Waals surface area contributed by atoms with Crippen molar-refractivity contribution in [3.8, 4) is 0 Å². The van der Waals surface area contributed by atoms with Crippen molar-refractivity contribution in [2.45, 2.75) is 17.9 Å². The first-order valence-electron chi connectivity index (χ1n) is 8.76. The molecule has 0 saturated carbocycles. The van der Waals surface area contributed by atoms with Gasteiger partial charge in [0, 0.05) is 12.4 Å². The lowest BCUT2D eigenvalue weighted by molar-refractivity contribution is -0.130. The van der Waals surface area contributed by atoms with E-state index in [1.165, 1.54) is 4.31 Å². The normalized spacial score (nSPS) is 15.7. The lowest BCUT2D eigenvalue weighted by atomic mass is 10.1. The molecule has 0 radical (unpaired) electrons. The molecule has 1 atom stereocenters. The Kier molecular flexibility index (Phi) is 4.15. The summed E-state index contributed by atoms with van der Waals surface area (Å²) in [4.78, 5) is 14.7. The Morgan fingerprint density at radius 2 is 1.67 bits per heavy atom. The molecule has 27 heavy (non-hydrogen) atoms. The summed E-state index contributed by atoms with van der Waals surface area (Å²) in [5.41, 5.74) is 1.57. The van der Waals surface area contributed by atoms with Gasteiger partial charge in [0.05, 0.1) is 16.6 Å². The molecule has 1 aliphatic rings. The Balaban J connectivity index is 1.65. The third-order valence-corrected chi connectivity index (χ3v) is 7.02. The monoisotopic (exact) mass is 380 g/mol. The smallest absolute Gasteiger partial charge is 0.265 e. The number of rotatable bonds is 4.